The van der Waals surface area contributed by atoms with E-state index in [1.165, 1.54) is 24.3 Å². The van der Waals surface area contributed by atoms with Crippen LogP contribution in [0.15, 0.2) is 36.4 Å². The Hall–Kier alpha value is -2.31. The van der Waals surface area contributed by atoms with E-state index in [1.54, 1.807) is 12.1 Å². The van der Waals surface area contributed by atoms with Crippen molar-refractivity contribution in [2.24, 2.45) is 5.92 Å². The molecular formula is C21H21Cl2FN2O3. The summed E-state index contributed by atoms with van der Waals surface area (Å²) in [4.78, 5) is 24.5. The molecule has 0 heterocycles. The number of hydrogen-bond acceptors (Lipinski definition) is 3. The largest absolute Gasteiger partial charge is 0.482 e. The van der Waals surface area contributed by atoms with E-state index in [2.05, 4.69) is 10.6 Å². The first-order chi connectivity index (χ1) is 13.9. The first-order valence-electron chi connectivity index (χ1n) is 9.40. The van der Waals surface area contributed by atoms with Crippen LogP contribution < -0.4 is 15.4 Å². The van der Waals surface area contributed by atoms with E-state index in [9.17, 15) is 14.0 Å². The summed E-state index contributed by atoms with van der Waals surface area (Å²) >= 11 is 11.9. The number of ether oxygens (including phenoxy) is 1. The topological polar surface area (TPSA) is 67.4 Å². The summed E-state index contributed by atoms with van der Waals surface area (Å²) in [6.07, 6.45) is 4.77. The first-order valence-corrected chi connectivity index (χ1v) is 10.2. The zero-order valence-electron chi connectivity index (χ0n) is 15.6. The molecule has 2 aromatic carbocycles. The predicted octanol–water partition coefficient (Wildman–Crippen LogP) is 5.67. The molecule has 2 N–H and O–H groups in total. The van der Waals surface area contributed by atoms with Gasteiger partial charge >= 0.3 is 0 Å². The second-order valence-electron chi connectivity index (χ2n) is 6.93. The van der Waals surface area contributed by atoms with E-state index in [0.717, 1.165) is 32.1 Å². The van der Waals surface area contributed by atoms with Crippen molar-refractivity contribution in [3.05, 3.63) is 52.3 Å². The lowest BCUT2D eigenvalue weighted by Gasteiger charge is -2.21. The molecule has 0 spiro atoms. The molecule has 1 fully saturated rings. The molecule has 0 aliphatic heterocycles. The maximum absolute atomic E-state index is 14.1. The summed E-state index contributed by atoms with van der Waals surface area (Å²) in [5.74, 6) is -1.02. The molecular weight excluding hydrogens is 418 g/mol. The molecule has 29 heavy (non-hydrogen) atoms. The smallest absolute Gasteiger partial charge is 0.262 e. The summed E-state index contributed by atoms with van der Waals surface area (Å²) in [6, 6.07) is 8.68. The zero-order valence-corrected chi connectivity index (χ0v) is 17.2. The fourth-order valence-corrected chi connectivity index (χ4v) is 3.56. The molecule has 1 aliphatic rings. The third-order valence-corrected chi connectivity index (χ3v) is 5.28. The molecule has 0 radical (unpaired) electrons. The SMILES string of the molecule is O=C(COc1cc(Cl)ccc1Cl)Nc1ccc(F)c(NC(=O)C2CCCCC2)c1. The number of hydrogen-bond donors (Lipinski definition) is 2. The maximum atomic E-state index is 14.1. The normalized spacial score (nSPS) is 14.3. The van der Waals surface area contributed by atoms with Crippen LogP contribution in [-0.4, -0.2) is 18.4 Å². The minimum Gasteiger partial charge on any atom is -0.482 e. The van der Waals surface area contributed by atoms with E-state index >= 15 is 0 Å². The Balaban J connectivity index is 1.59. The third-order valence-electron chi connectivity index (χ3n) is 4.74. The van der Waals surface area contributed by atoms with Crippen LogP contribution in [-0.2, 0) is 9.59 Å². The fraction of sp³-hybridized carbons (Fsp3) is 0.333. The Labute approximate surface area is 178 Å². The van der Waals surface area contributed by atoms with Gasteiger partial charge in [-0.2, -0.15) is 0 Å². The van der Waals surface area contributed by atoms with Crippen LogP contribution in [0.25, 0.3) is 0 Å². The second-order valence-corrected chi connectivity index (χ2v) is 7.77. The number of benzene rings is 2. The van der Waals surface area contributed by atoms with Crippen molar-refractivity contribution < 1.29 is 18.7 Å². The molecule has 5 nitrogen and oxygen atoms in total. The van der Waals surface area contributed by atoms with Crippen LogP contribution in [0, 0.1) is 11.7 Å². The summed E-state index contributed by atoms with van der Waals surface area (Å²) < 4.78 is 19.5. The van der Waals surface area contributed by atoms with Crippen molar-refractivity contribution in [2.75, 3.05) is 17.2 Å². The summed E-state index contributed by atoms with van der Waals surface area (Å²) in [5.41, 5.74) is 0.383. The van der Waals surface area contributed by atoms with E-state index in [-0.39, 0.29) is 29.9 Å². The average molecular weight is 439 g/mol. The lowest BCUT2D eigenvalue weighted by molar-refractivity contribution is -0.120. The molecule has 8 heteroatoms. The van der Waals surface area contributed by atoms with Crippen LogP contribution >= 0.6 is 23.2 Å². The van der Waals surface area contributed by atoms with E-state index in [0.29, 0.717) is 15.7 Å². The Bertz CT molecular complexity index is 901. The number of anilines is 2. The third kappa shape index (κ3) is 6.08. The minimum absolute atomic E-state index is 0.0391. The van der Waals surface area contributed by atoms with Crippen molar-refractivity contribution in [3.63, 3.8) is 0 Å². The van der Waals surface area contributed by atoms with Gasteiger partial charge in [0.05, 0.1) is 10.7 Å². The summed E-state index contributed by atoms with van der Waals surface area (Å²) in [5, 5.41) is 6.01. The monoisotopic (exact) mass is 438 g/mol. The molecule has 1 aliphatic carbocycles. The quantitative estimate of drug-likeness (QED) is 0.610. The van der Waals surface area contributed by atoms with Gasteiger partial charge in [-0.05, 0) is 43.2 Å². The highest BCUT2D eigenvalue weighted by Gasteiger charge is 2.22. The van der Waals surface area contributed by atoms with Gasteiger partial charge in [-0.3, -0.25) is 9.59 Å². The van der Waals surface area contributed by atoms with Gasteiger partial charge in [0.25, 0.3) is 5.91 Å². The van der Waals surface area contributed by atoms with Gasteiger partial charge in [-0.15, -0.1) is 0 Å². The van der Waals surface area contributed by atoms with Crippen molar-refractivity contribution in [3.8, 4) is 5.75 Å². The lowest BCUT2D eigenvalue weighted by atomic mass is 9.88. The van der Waals surface area contributed by atoms with Gasteiger partial charge in [0.1, 0.15) is 11.6 Å². The number of nitrogens with one attached hydrogen (secondary N) is 2. The number of amides is 2. The Kier molecular flexibility index (Phi) is 7.34. The molecule has 0 aromatic heterocycles. The predicted molar refractivity (Wildman–Crippen MR) is 112 cm³/mol. The molecule has 2 amide bonds. The second kappa shape index (κ2) is 9.94. The van der Waals surface area contributed by atoms with Gasteiger partial charge in [-0.1, -0.05) is 42.5 Å². The van der Waals surface area contributed by atoms with Gasteiger partial charge in [0, 0.05) is 22.7 Å². The van der Waals surface area contributed by atoms with Crippen LogP contribution in [0.2, 0.25) is 10.0 Å². The van der Waals surface area contributed by atoms with Gasteiger partial charge in [0.15, 0.2) is 6.61 Å². The van der Waals surface area contributed by atoms with Crippen molar-refractivity contribution >= 4 is 46.4 Å². The molecule has 3 rings (SSSR count). The van der Waals surface area contributed by atoms with Crippen LogP contribution in [0.4, 0.5) is 15.8 Å². The van der Waals surface area contributed by atoms with Gasteiger partial charge < -0.3 is 15.4 Å². The van der Waals surface area contributed by atoms with E-state index in [4.69, 9.17) is 27.9 Å². The van der Waals surface area contributed by atoms with Crippen molar-refractivity contribution in [2.45, 2.75) is 32.1 Å². The minimum atomic E-state index is -0.561. The highest BCUT2D eigenvalue weighted by Crippen LogP contribution is 2.28. The van der Waals surface area contributed by atoms with Crippen LogP contribution in [0.5, 0.6) is 5.75 Å². The van der Waals surface area contributed by atoms with Gasteiger partial charge in [-0.25, -0.2) is 4.39 Å². The van der Waals surface area contributed by atoms with Crippen molar-refractivity contribution in [1.82, 2.24) is 0 Å². The average Bonchev–Trinajstić information content (AvgIpc) is 2.71. The Morgan fingerprint density at radius 2 is 1.79 bits per heavy atom. The Morgan fingerprint density at radius 3 is 2.55 bits per heavy atom. The number of carbonyl (C=O) groups excluding carboxylic acids is 2. The van der Waals surface area contributed by atoms with Crippen LogP contribution in [0.1, 0.15) is 32.1 Å². The summed E-state index contributed by atoms with van der Waals surface area (Å²) in [6.45, 7) is -0.304. The first kappa shape index (κ1) is 21.4. The highest BCUT2D eigenvalue weighted by atomic mass is 35.5. The van der Waals surface area contributed by atoms with E-state index in [1.807, 2.05) is 0 Å². The molecule has 1 saturated carbocycles. The van der Waals surface area contributed by atoms with Crippen LogP contribution in [0.3, 0.4) is 0 Å². The number of halogens is 3. The van der Waals surface area contributed by atoms with E-state index < -0.39 is 11.7 Å². The molecule has 0 bridgehead atoms. The molecule has 0 atom stereocenters. The molecule has 2 aromatic rings. The maximum Gasteiger partial charge on any atom is 0.262 e. The number of carbonyl (C=O) groups is 2. The zero-order chi connectivity index (χ0) is 20.8. The molecule has 0 saturated heterocycles. The van der Waals surface area contributed by atoms with Crippen molar-refractivity contribution in [1.29, 1.82) is 0 Å². The lowest BCUT2D eigenvalue weighted by Crippen LogP contribution is -2.25. The highest BCUT2D eigenvalue weighted by molar-refractivity contribution is 6.34. The molecule has 154 valence electrons. The van der Waals surface area contributed by atoms with Gasteiger partial charge in [0.2, 0.25) is 5.91 Å². The molecule has 0 unspecified atom stereocenters. The fourth-order valence-electron chi connectivity index (χ4n) is 3.23. The number of rotatable bonds is 6. The summed E-state index contributed by atoms with van der Waals surface area (Å²) in [7, 11) is 0. The standard InChI is InChI=1S/C21H21Cl2FN2O3/c22-14-6-8-16(23)19(10-14)29-12-20(27)25-15-7-9-17(24)18(11-15)26-21(28)13-4-2-1-3-5-13/h6-11,13H,1-5,12H2,(H,25,27)(H,26,28). The Morgan fingerprint density at radius 1 is 1.03 bits per heavy atom.